The molecule has 0 aliphatic carbocycles. The lowest BCUT2D eigenvalue weighted by Crippen LogP contribution is -2.13. The second-order valence-electron chi connectivity index (χ2n) is 3.88. The fraction of sp³-hybridized carbons (Fsp3) is 0.455. The van der Waals surface area contributed by atoms with Crippen LogP contribution in [0.5, 0.6) is 6.01 Å². The van der Waals surface area contributed by atoms with Crippen molar-refractivity contribution in [2.45, 2.75) is 19.9 Å². The Hall–Kier alpha value is -2.38. The smallest absolute Gasteiger partial charge is 0.323 e. The first-order valence-corrected chi connectivity index (χ1v) is 6.12. The summed E-state index contributed by atoms with van der Waals surface area (Å²) in [6.45, 7) is 3.98. The molecule has 3 N–H and O–H groups in total. The Balaban J connectivity index is 1.90. The van der Waals surface area contributed by atoms with E-state index in [0.717, 1.165) is 13.0 Å². The van der Waals surface area contributed by atoms with E-state index in [1.165, 1.54) is 0 Å². The van der Waals surface area contributed by atoms with Crippen LogP contribution < -0.4 is 15.8 Å². The number of ether oxygens (including phenoxy) is 1. The van der Waals surface area contributed by atoms with Crippen molar-refractivity contribution >= 4 is 11.9 Å². The molecule has 0 aliphatic heterocycles. The Kier molecular flexibility index (Phi) is 4.49. The molecule has 0 aromatic carbocycles. The van der Waals surface area contributed by atoms with Crippen LogP contribution in [0.1, 0.15) is 13.3 Å². The van der Waals surface area contributed by atoms with Gasteiger partial charge in [0.15, 0.2) is 0 Å². The molecule has 19 heavy (non-hydrogen) atoms. The van der Waals surface area contributed by atoms with E-state index in [2.05, 4.69) is 25.3 Å². The summed E-state index contributed by atoms with van der Waals surface area (Å²) in [6, 6.07) is 0.250. The topological polar surface area (TPSA) is 104 Å². The maximum atomic E-state index is 5.60. The van der Waals surface area contributed by atoms with Gasteiger partial charge in [0.05, 0.1) is 12.9 Å². The largest absolute Gasteiger partial charge is 0.463 e. The minimum atomic E-state index is 0.145. The Morgan fingerprint density at radius 2 is 2.26 bits per heavy atom. The van der Waals surface area contributed by atoms with E-state index in [4.69, 9.17) is 10.5 Å². The lowest BCUT2D eigenvalue weighted by Gasteiger charge is -2.08. The van der Waals surface area contributed by atoms with E-state index in [1.54, 1.807) is 12.5 Å². The number of aromatic nitrogens is 5. The normalized spacial score (nSPS) is 10.4. The Labute approximate surface area is 111 Å². The summed E-state index contributed by atoms with van der Waals surface area (Å²) in [5, 5.41) is 3.07. The van der Waals surface area contributed by atoms with Crippen LogP contribution in [-0.2, 0) is 6.54 Å². The van der Waals surface area contributed by atoms with E-state index in [1.807, 2.05) is 17.7 Å². The van der Waals surface area contributed by atoms with Gasteiger partial charge in [-0.2, -0.15) is 15.0 Å². The van der Waals surface area contributed by atoms with Gasteiger partial charge in [0, 0.05) is 25.5 Å². The zero-order valence-corrected chi connectivity index (χ0v) is 10.8. The van der Waals surface area contributed by atoms with Gasteiger partial charge in [0.1, 0.15) is 0 Å². The fourth-order valence-electron chi connectivity index (χ4n) is 1.42. The molecule has 2 rings (SSSR count). The molecule has 0 aliphatic rings. The lowest BCUT2D eigenvalue weighted by molar-refractivity contribution is 0.292. The van der Waals surface area contributed by atoms with Gasteiger partial charge in [0.2, 0.25) is 11.9 Å². The van der Waals surface area contributed by atoms with Crippen molar-refractivity contribution < 1.29 is 4.74 Å². The van der Waals surface area contributed by atoms with Crippen LogP contribution >= 0.6 is 0 Å². The number of nitrogens with zero attached hydrogens (tertiary/aromatic N) is 5. The summed E-state index contributed by atoms with van der Waals surface area (Å²) in [5.41, 5.74) is 5.60. The van der Waals surface area contributed by atoms with Gasteiger partial charge in [-0.05, 0) is 6.42 Å². The molecule has 2 aromatic heterocycles. The number of hydrogen-bond acceptors (Lipinski definition) is 7. The van der Waals surface area contributed by atoms with Crippen molar-refractivity contribution in [3.63, 3.8) is 0 Å². The Bertz CT molecular complexity index is 500. The zero-order valence-electron chi connectivity index (χ0n) is 10.8. The highest BCUT2D eigenvalue weighted by Gasteiger charge is 2.04. The quantitative estimate of drug-likeness (QED) is 0.751. The highest BCUT2D eigenvalue weighted by Crippen LogP contribution is 2.08. The fourth-order valence-corrected chi connectivity index (χ4v) is 1.42. The SMILES string of the molecule is CCCOc1nc(N)nc(NCCn2ccnc2)n1. The van der Waals surface area contributed by atoms with Gasteiger partial charge in [-0.15, -0.1) is 0 Å². The molecular weight excluding hydrogens is 246 g/mol. The second-order valence-corrected chi connectivity index (χ2v) is 3.88. The first-order chi connectivity index (χ1) is 9.28. The number of nitrogens with two attached hydrogens (primary N) is 1. The Morgan fingerprint density at radius 3 is 3.00 bits per heavy atom. The van der Waals surface area contributed by atoms with Gasteiger partial charge < -0.3 is 20.4 Å². The first-order valence-electron chi connectivity index (χ1n) is 6.12. The van der Waals surface area contributed by atoms with Crippen molar-refractivity contribution in [1.29, 1.82) is 0 Å². The molecule has 0 amide bonds. The van der Waals surface area contributed by atoms with Crippen LogP contribution in [0, 0.1) is 0 Å². The molecule has 8 nitrogen and oxygen atoms in total. The molecule has 0 saturated heterocycles. The van der Waals surface area contributed by atoms with E-state index in [-0.39, 0.29) is 12.0 Å². The number of nitrogens with one attached hydrogen (secondary N) is 1. The number of anilines is 2. The van der Waals surface area contributed by atoms with E-state index in [9.17, 15) is 0 Å². The summed E-state index contributed by atoms with van der Waals surface area (Å²) in [4.78, 5) is 16.0. The summed E-state index contributed by atoms with van der Waals surface area (Å²) in [5.74, 6) is 0.560. The number of rotatable bonds is 7. The molecule has 0 saturated carbocycles. The molecular formula is C11H17N7O. The molecule has 0 radical (unpaired) electrons. The molecule has 0 fully saturated rings. The van der Waals surface area contributed by atoms with E-state index >= 15 is 0 Å². The first kappa shape index (κ1) is 13.1. The summed E-state index contributed by atoms with van der Waals surface area (Å²) < 4.78 is 7.28. The predicted octanol–water partition coefficient (Wildman–Crippen LogP) is 0.551. The lowest BCUT2D eigenvalue weighted by atomic mass is 10.5. The van der Waals surface area contributed by atoms with Gasteiger partial charge in [-0.25, -0.2) is 4.98 Å². The maximum Gasteiger partial charge on any atom is 0.323 e. The van der Waals surface area contributed by atoms with Crippen LogP contribution in [0.2, 0.25) is 0 Å². The van der Waals surface area contributed by atoms with Crippen LogP contribution in [0.15, 0.2) is 18.7 Å². The van der Waals surface area contributed by atoms with Crippen LogP contribution in [0.25, 0.3) is 0 Å². The summed E-state index contributed by atoms with van der Waals surface area (Å²) in [7, 11) is 0. The number of imidazole rings is 1. The van der Waals surface area contributed by atoms with Crippen LogP contribution in [0.4, 0.5) is 11.9 Å². The minimum absolute atomic E-state index is 0.145. The minimum Gasteiger partial charge on any atom is -0.463 e. The van der Waals surface area contributed by atoms with Crippen molar-refractivity contribution in [1.82, 2.24) is 24.5 Å². The monoisotopic (exact) mass is 263 g/mol. The number of hydrogen-bond donors (Lipinski definition) is 2. The van der Waals surface area contributed by atoms with Gasteiger partial charge >= 0.3 is 6.01 Å². The third-order valence-electron chi connectivity index (χ3n) is 2.28. The van der Waals surface area contributed by atoms with E-state index in [0.29, 0.717) is 19.1 Å². The second kappa shape index (κ2) is 6.53. The molecule has 2 aromatic rings. The maximum absolute atomic E-state index is 5.60. The molecule has 0 bridgehead atoms. The molecule has 102 valence electrons. The molecule has 2 heterocycles. The third-order valence-corrected chi connectivity index (χ3v) is 2.28. The van der Waals surface area contributed by atoms with Crippen LogP contribution in [-0.4, -0.2) is 37.7 Å². The average molecular weight is 263 g/mol. The molecule has 8 heteroatoms. The Morgan fingerprint density at radius 1 is 1.37 bits per heavy atom. The predicted molar refractivity (Wildman–Crippen MR) is 70.7 cm³/mol. The van der Waals surface area contributed by atoms with Crippen molar-refractivity contribution in [3.8, 4) is 6.01 Å². The highest BCUT2D eigenvalue weighted by molar-refractivity contribution is 5.32. The molecule has 0 unspecified atom stereocenters. The van der Waals surface area contributed by atoms with Gasteiger partial charge in [0.25, 0.3) is 0 Å². The summed E-state index contributed by atoms with van der Waals surface area (Å²) in [6.07, 6.45) is 6.26. The van der Waals surface area contributed by atoms with Gasteiger partial charge in [-0.1, -0.05) is 6.92 Å². The summed E-state index contributed by atoms with van der Waals surface area (Å²) >= 11 is 0. The molecule has 0 atom stereocenters. The van der Waals surface area contributed by atoms with Crippen molar-refractivity contribution in [2.24, 2.45) is 0 Å². The van der Waals surface area contributed by atoms with Gasteiger partial charge in [-0.3, -0.25) is 0 Å². The highest BCUT2D eigenvalue weighted by atomic mass is 16.5. The van der Waals surface area contributed by atoms with Crippen LogP contribution in [0.3, 0.4) is 0 Å². The number of nitrogen functional groups attached to an aromatic ring is 1. The average Bonchev–Trinajstić information content (AvgIpc) is 2.89. The van der Waals surface area contributed by atoms with E-state index < -0.39 is 0 Å². The third kappa shape index (κ3) is 4.09. The molecule has 0 spiro atoms. The van der Waals surface area contributed by atoms with Crippen molar-refractivity contribution in [2.75, 3.05) is 24.2 Å². The van der Waals surface area contributed by atoms with Crippen molar-refractivity contribution in [3.05, 3.63) is 18.7 Å². The standard InChI is InChI=1S/C11H17N7O/c1-2-7-19-11-16-9(12)15-10(17-11)14-4-6-18-5-3-13-8-18/h3,5,8H,2,4,6-7H2,1H3,(H3,12,14,15,16,17). The zero-order chi connectivity index (χ0) is 13.5.